The normalized spacial score (nSPS) is 23.0. The van der Waals surface area contributed by atoms with Crippen molar-refractivity contribution < 1.29 is 9.90 Å². The van der Waals surface area contributed by atoms with Crippen molar-refractivity contribution in [3.05, 3.63) is 34.2 Å². The summed E-state index contributed by atoms with van der Waals surface area (Å²) in [6.07, 6.45) is 3.28. The minimum Gasteiger partial charge on any atom is -0.478 e. The molecular weight excluding hydrogens is 244 g/mol. The van der Waals surface area contributed by atoms with Crippen molar-refractivity contribution in [3.63, 3.8) is 0 Å². The topological polar surface area (TPSA) is 75.1 Å². The zero-order valence-electron chi connectivity index (χ0n) is 10.7. The van der Waals surface area contributed by atoms with Gasteiger partial charge in [-0.15, -0.1) is 0 Å². The summed E-state index contributed by atoms with van der Waals surface area (Å²) in [6.45, 7) is 2.16. The van der Waals surface area contributed by atoms with E-state index in [9.17, 15) is 9.59 Å². The van der Waals surface area contributed by atoms with Crippen LogP contribution in [0, 0.1) is 5.92 Å². The second-order valence-corrected chi connectivity index (χ2v) is 5.31. The number of imidazole rings is 1. The first-order valence-corrected chi connectivity index (χ1v) is 6.55. The molecule has 0 saturated heterocycles. The van der Waals surface area contributed by atoms with Crippen LogP contribution >= 0.6 is 0 Å². The summed E-state index contributed by atoms with van der Waals surface area (Å²) in [6, 6.07) is 5.02. The standard InChI is InChI=1S/C14H16N2O3/c1-8-3-2-4-11(8)16-12-6-5-9(13(17)18)7-10(12)15-14(16)19/h5-8,11H,2-4H2,1H3,(H,15,19)(H,17,18). The van der Waals surface area contributed by atoms with Gasteiger partial charge in [0.2, 0.25) is 0 Å². The van der Waals surface area contributed by atoms with E-state index in [4.69, 9.17) is 5.11 Å². The molecule has 100 valence electrons. The number of hydrogen-bond donors (Lipinski definition) is 2. The number of carbonyl (C=O) groups is 1. The highest BCUT2D eigenvalue weighted by atomic mass is 16.4. The molecule has 2 aromatic rings. The molecule has 1 fully saturated rings. The molecule has 0 radical (unpaired) electrons. The van der Waals surface area contributed by atoms with E-state index in [0.717, 1.165) is 24.8 Å². The summed E-state index contributed by atoms with van der Waals surface area (Å²) in [7, 11) is 0. The third-order valence-electron chi connectivity index (χ3n) is 4.11. The second-order valence-electron chi connectivity index (χ2n) is 5.31. The van der Waals surface area contributed by atoms with Crippen molar-refractivity contribution in [2.24, 2.45) is 5.92 Å². The molecule has 2 atom stereocenters. The summed E-state index contributed by atoms with van der Waals surface area (Å²) in [5.41, 5.74) is 1.45. The lowest BCUT2D eigenvalue weighted by atomic mass is 10.1. The molecule has 5 heteroatoms. The van der Waals surface area contributed by atoms with Crippen LogP contribution < -0.4 is 5.69 Å². The van der Waals surface area contributed by atoms with E-state index >= 15 is 0 Å². The highest BCUT2D eigenvalue weighted by Crippen LogP contribution is 2.35. The molecule has 1 aromatic heterocycles. The summed E-state index contributed by atoms with van der Waals surface area (Å²) in [5.74, 6) is -0.499. The van der Waals surface area contributed by atoms with Crippen LogP contribution in [0.25, 0.3) is 11.0 Å². The molecule has 1 aromatic carbocycles. The van der Waals surface area contributed by atoms with Gasteiger partial charge in [0.1, 0.15) is 0 Å². The van der Waals surface area contributed by atoms with Crippen LogP contribution in [0.15, 0.2) is 23.0 Å². The molecule has 3 rings (SSSR count). The van der Waals surface area contributed by atoms with Crippen molar-refractivity contribution in [2.45, 2.75) is 32.2 Å². The van der Waals surface area contributed by atoms with E-state index in [2.05, 4.69) is 11.9 Å². The van der Waals surface area contributed by atoms with E-state index in [-0.39, 0.29) is 17.3 Å². The number of aromatic nitrogens is 2. The first-order valence-electron chi connectivity index (χ1n) is 6.55. The van der Waals surface area contributed by atoms with Crippen LogP contribution in [0.5, 0.6) is 0 Å². The van der Waals surface area contributed by atoms with Crippen LogP contribution in [0.3, 0.4) is 0 Å². The van der Waals surface area contributed by atoms with Crippen molar-refractivity contribution in [1.82, 2.24) is 9.55 Å². The zero-order chi connectivity index (χ0) is 13.6. The highest BCUT2D eigenvalue weighted by Gasteiger charge is 2.27. The summed E-state index contributed by atoms with van der Waals surface area (Å²) in [5, 5.41) is 8.98. The van der Waals surface area contributed by atoms with Crippen LogP contribution in [0.4, 0.5) is 0 Å². The lowest BCUT2D eigenvalue weighted by molar-refractivity contribution is 0.0697. The van der Waals surface area contributed by atoms with E-state index in [0.29, 0.717) is 11.4 Å². The maximum Gasteiger partial charge on any atom is 0.335 e. The molecule has 5 nitrogen and oxygen atoms in total. The molecule has 1 saturated carbocycles. The SMILES string of the molecule is CC1CCCC1n1c(=O)[nH]c2cc(C(=O)O)ccc21. The first kappa shape index (κ1) is 12.0. The quantitative estimate of drug-likeness (QED) is 0.870. The molecule has 1 aliphatic rings. The molecule has 2 unspecified atom stereocenters. The van der Waals surface area contributed by atoms with Gasteiger partial charge in [-0.3, -0.25) is 4.57 Å². The van der Waals surface area contributed by atoms with Gasteiger partial charge in [-0.2, -0.15) is 0 Å². The number of aromatic carboxylic acids is 1. The number of H-pyrrole nitrogens is 1. The third-order valence-corrected chi connectivity index (χ3v) is 4.11. The fraction of sp³-hybridized carbons (Fsp3) is 0.429. The largest absolute Gasteiger partial charge is 0.478 e. The lowest BCUT2D eigenvalue weighted by Gasteiger charge is -2.17. The van der Waals surface area contributed by atoms with Gasteiger partial charge in [-0.05, 0) is 37.0 Å². The number of fused-ring (bicyclic) bond motifs is 1. The van der Waals surface area contributed by atoms with Gasteiger partial charge in [0.05, 0.1) is 16.6 Å². The number of carboxylic acid groups (broad SMARTS) is 1. The van der Waals surface area contributed by atoms with E-state index in [1.165, 1.54) is 6.07 Å². The Morgan fingerprint density at radius 2 is 2.21 bits per heavy atom. The summed E-state index contributed by atoms with van der Waals surface area (Å²) in [4.78, 5) is 25.8. The van der Waals surface area contributed by atoms with E-state index in [1.54, 1.807) is 16.7 Å². The Morgan fingerprint density at radius 3 is 2.84 bits per heavy atom. The molecule has 0 amide bonds. The third kappa shape index (κ3) is 1.85. The Labute approximate surface area is 109 Å². The van der Waals surface area contributed by atoms with Gasteiger partial charge in [-0.25, -0.2) is 9.59 Å². The minimum atomic E-state index is -0.982. The molecular formula is C14H16N2O3. The molecule has 0 spiro atoms. The predicted octanol–water partition coefficient (Wildman–Crippen LogP) is 2.39. The Balaban J connectivity index is 2.17. The maximum atomic E-state index is 12.1. The van der Waals surface area contributed by atoms with Crippen molar-refractivity contribution in [2.75, 3.05) is 0 Å². The van der Waals surface area contributed by atoms with Crippen LogP contribution in [0.2, 0.25) is 0 Å². The van der Waals surface area contributed by atoms with Gasteiger partial charge in [0, 0.05) is 6.04 Å². The molecule has 0 bridgehead atoms. The molecule has 19 heavy (non-hydrogen) atoms. The minimum absolute atomic E-state index is 0.142. The van der Waals surface area contributed by atoms with Crippen LogP contribution in [-0.2, 0) is 0 Å². The van der Waals surface area contributed by atoms with Crippen molar-refractivity contribution in [3.8, 4) is 0 Å². The Kier molecular flexibility index (Phi) is 2.69. The second kappa shape index (κ2) is 4.26. The van der Waals surface area contributed by atoms with Gasteiger partial charge in [0.15, 0.2) is 0 Å². The smallest absolute Gasteiger partial charge is 0.335 e. The number of aromatic amines is 1. The Morgan fingerprint density at radius 1 is 1.42 bits per heavy atom. The number of benzene rings is 1. The van der Waals surface area contributed by atoms with Gasteiger partial charge < -0.3 is 10.1 Å². The average molecular weight is 260 g/mol. The van der Waals surface area contributed by atoms with Gasteiger partial charge in [-0.1, -0.05) is 13.3 Å². The summed E-state index contributed by atoms with van der Waals surface area (Å²) < 4.78 is 1.79. The van der Waals surface area contributed by atoms with Crippen LogP contribution in [-0.4, -0.2) is 20.6 Å². The molecule has 0 aliphatic heterocycles. The highest BCUT2D eigenvalue weighted by molar-refractivity contribution is 5.92. The fourth-order valence-electron chi connectivity index (χ4n) is 3.10. The maximum absolute atomic E-state index is 12.1. The van der Waals surface area contributed by atoms with E-state index in [1.807, 2.05) is 0 Å². The van der Waals surface area contributed by atoms with Crippen molar-refractivity contribution in [1.29, 1.82) is 0 Å². The number of rotatable bonds is 2. The molecule has 2 N–H and O–H groups in total. The number of nitrogens with one attached hydrogen (secondary N) is 1. The van der Waals surface area contributed by atoms with E-state index < -0.39 is 5.97 Å². The van der Waals surface area contributed by atoms with Crippen LogP contribution in [0.1, 0.15) is 42.6 Å². The summed E-state index contributed by atoms with van der Waals surface area (Å²) >= 11 is 0. The Hall–Kier alpha value is -2.04. The van der Waals surface area contributed by atoms with Gasteiger partial charge >= 0.3 is 11.7 Å². The number of hydrogen-bond acceptors (Lipinski definition) is 2. The number of nitrogens with zero attached hydrogens (tertiary/aromatic N) is 1. The van der Waals surface area contributed by atoms with Gasteiger partial charge in [0.25, 0.3) is 0 Å². The monoisotopic (exact) mass is 260 g/mol. The first-order chi connectivity index (χ1) is 9.08. The molecule has 1 aliphatic carbocycles. The molecule has 1 heterocycles. The zero-order valence-corrected chi connectivity index (χ0v) is 10.7. The number of carboxylic acids is 1. The predicted molar refractivity (Wildman–Crippen MR) is 71.6 cm³/mol. The average Bonchev–Trinajstić information content (AvgIpc) is 2.90. The fourth-order valence-corrected chi connectivity index (χ4v) is 3.10. The lowest BCUT2D eigenvalue weighted by Crippen LogP contribution is -2.23. The van der Waals surface area contributed by atoms with Crippen molar-refractivity contribution >= 4 is 17.0 Å². The Bertz CT molecular complexity index is 698.